The van der Waals surface area contributed by atoms with E-state index in [4.69, 9.17) is 10.7 Å². The molecule has 4 N–H and O–H groups in total. The minimum atomic E-state index is 0.130. The van der Waals surface area contributed by atoms with Crippen molar-refractivity contribution >= 4 is 28.0 Å². The standard InChI is InChI=1S/C28H36N4O/c1-19(27-25-17-23(29)9-12-26(25)31-28(27)33)30-24-10-7-20(8-11-24)18-32-15-13-22(14-16-32)21-5-3-2-4-6-21/h7-12,17,21-22,31,33H,2-6,13-16,18,29H2,1H3. The molecule has 0 bridgehead atoms. The van der Waals surface area contributed by atoms with E-state index >= 15 is 0 Å². The Kier molecular flexibility index (Phi) is 6.41. The number of benzene rings is 2. The Balaban J connectivity index is 1.22. The van der Waals surface area contributed by atoms with E-state index in [2.05, 4.69) is 34.1 Å². The molecule has 0 radical (unpaired) electrons. The molecule has 0 unspecified atom stereocenters. The van der Waals surface area contributed by atoms with Crippen molar-refractivity contribution in [2.24, 2.45) is 16.8 Å². The average molecular weight is 445 g/mol. The van der Waals surface area contributed by atoms with Crippen molar-refractivity contribution in [2.75, 3.05) is 18.8 Å². The lowest BCUT2D eigenvalue weighted by Crippen LogP contribution is -2.36. The number of anilines is 1. The highest BCUT2D eigenvalue weighted by Crippen LogP contribution is 2.36. The first-order chi connectivity index (χ1) is 16.1. The predicted octanol–water partition coefficient (Wildman–Crippen LogP) is 6.39. The molecule has 0 spiro atoms. The SMILES string of the molecule is CC(=Nc1ccc(CN2CCC(C3CCCCC3)CC2)cc1)c1c(O)[nH]c2ccc(N)cc12. The van der Waals surface area contributed by atoms with Gasteiger partial charge in [-0.2, -0.15) is 0 Å². The van der Waals surface area contributed by atoms with Crippen LogP contribution in [0.1, 0.15) is 63.0 Å². The number of likely N-dealkylation sites (tertiary alicyclic amines) is 1. The van der Waals surface area contributed by atoms with Gasteiger partial charge in [-0.1, -0.05) is 44.2 Å². The number of aromatic nitrogens is 1. The highest BCUT2D eigenvalue weighted by Gasteiger charge is 2.27. The number of rotatable bonds is 5. The number of H-pyrrole nitrogens is 1. The number of aromatic amines is 1. The zero-order chi connectivity index (χ0) is 22.8. The van der Waals surface area contributed by atoms with Crippen molar-refractivity contribution in [3.63, 3.8) is 0 Å². The summed E-state index contributed by atoms with van der Waals surface area (Å²) in [5.74, 6) is 2.08. The third-order valence-corrected chi connectivity index (χ3v) is 7.75. The number of fused-ring (bicyclic) bond motifs is 1. The molecule has 2 fully saturated rings. The van der Waals surface area contributed by atoms with Crippen LogP contribution in [0, 0.1) is 11.8 Å². The monoisotopic (exact) mass is 444 g/mol. The van der Waals surface area contributed by atoms with Gasteiger partial charge in [-0.05, 0) is 80.6 Å². The van der Waals surface area contributed by atoms with Gasteiger partial charge in [-0.15, -0.1) is 0 Å². The van der Waals surface area contributed by atoms with Gasteiger partial charge in [-0.25, -0.2) is 0 Å². The lowest BCUT2D eigenvalue weighted by atomic mass is 9.76. The zero-order valence-electron chi connectivity index (χ0n) is 19.7. The van der Waals surface area contributed by atoms with E-state index in [9.17, 15) is 5.11 Å². The lowest BCUT2D eigenvalue weighted by Gasteiger charge is -2.37. The molecule has 5 rings (SSSR count). The number of hydrogen-bond donors (Lipinski definition) is 3. The van der Waals surface area contributed by atoms with Crippen molar-refractivity contribution in [3.8, 4) is 5.88 Å². The predicted molar refractivity (Wildman–Crippen MR) is 137 cm³/mol. The number of nitrogen functional groups attached to an aromatic ring is 1. The molecule has 1 aromatic heterocycles. The lowest BCUT2D eigenvalue weighted by molar-refractivity contribution is 0.122. The van der Waals surface area contributed by atoms with E-state index in [0.717, 1.165) is 40.7 Å². The first kappa shape index (κ1) is 22.0. The molecule has 2 aliphatic rings. The number of aromatic hydroxyl groups is 1. The van der Waals surface area contributed by atoms with E-state index < -0.39 is 0 Å². The van der Waals surface area contributed by atoms with Crippen LogP contribution in [0.2, 0.25) is 0 Å². The van der Waals surface area contributed by atoms with E-state index in [0.29, 0.717) is 11.3 Å². The maximum absolute atomic E-state index is 10.4. The van der Waals surface area contributed by atoms with Crippen molar-refractivity contribution in [1.82, 2.24) is 9.88 Å². The summed E-state index contributed by atoms with van der Waals surface area (Å²) in [5.41, 5.74) is 11.2. The van der Waals surface area contributed by atoms with Crippen molar-refractivity contribution in [2.45, 2.75) is 58.4 Å². The summed E-state index contributed by atoms with van der Waals surface area (Å²) in [6.07, 6.45) is 10.0. The largest absolute Gasteiger partial charge is 0.494 e. The third-order valence-electron chi connectivity index (χ3n) is 7.75. The van der Waals surface area contributed by atoms with Crippen LogP contribution in [0.5, 0.6) is 5.88 Å². The fraction of sp³-hybridized carbons (Fsp3) is 0.464. The van der Waals surface area contributed by atoms with Gasteiger partial charge in [0, 0.05) is 23.1 Å². The first-order valence-electron chi connectivity index (χ1n) is 12.5. The summed E-state index contributed by atoms with van der Waals surface area (Å²) in [6.45, 7) is 5.39. The molecule has 2 aromatic carbocycles. The quantitative estimate of drug-likeness (QED) is 0.315. The van der Waals surface area contributed by atoms with E-state index in [1.807, 2.05) is 25.1 Å². The average Bonchev–Trinajstić information content (AvgIpc) is 3.16. The normalized spacial score (nSPS) is 19.4. The molecule has 1 saturated heterocycles. The highest BCUT2D eigenvalue weighted by molar-refractivity contribution is 6.13. The molecule has 0 amide bonds. The molecule has 0 atom stereocenters. The molecule has 1 saturated carbocycles. The molecule has 1 aliphatic heterocycles. The topological polar surface area (TPSA) is 77.6 Å². The van der Waals surface area contributed by atoms with Gasteiger partial charge in [0.05, 0.1) is 17.0 Å². The van der Waals surface area contributed by atoms with Crippen molar-refractivity contribution in [3.05, 3.63) is 53.6 Å². The Morgan fingerprint density at radius 1 is 1.00 bits per heavy atom. The number of piperidine rings is 1. The number of nitrogens with two attached hydrogens (primary N) is 1. The summed E-state index contributed by atoms with van der Waals surface area (Å²) in [7, 11) is 0. The summed E-state index contributed by atoms with van der Waals surface area (Å²) < 4.78 is 0. The van der Waals surface area contributed by atoms with Gasteiger partial charge in [0.2, 0.25) is 0 Å². The van der Waals surface area contributed by atoms with E-state index in [-0.39, 0.29) is 5.88 Å². The molecule has 174 valence electrons. The Bertz CT molecular complexity index is 1120. The summed E-state index contributed by atoms with van der Waals surface area (Å²) in [5, 5.41) is 11.3. The molecule has 33 heavy (non-hydrogen) atoms. The Labute approximate surface area is 196 Å². The maximum atomic E-state index is 10.4. The fourth-order valence-corrected chi connectivity index (χ4v) is 5.93. The van der Waals surface area contributed by atoms with Crippen LogP contribution in [0.25, 0.3) is 10.9 Å². The molecule has 3 aromatic rings. The number of aliphatic imine (C=N–C) groups is 1. The van der Waals surface area contributed by atoms with E-state index in [1.54, 1.807) is 0 Å². The second-order valence-electron chi connectivity index (χ2n) is 10.0. The number of nitrogens with zero attached hydrogens (tertiary/aromatic N) is 2. The first-order valence-corrected chi connectivity index (χ1v) is 12.5. The van der Waals surface area contributed by atoms with Crippen LogP contribution >= 0.6 is 0 Å². The third kappa shape index (κ3) is 4.93. The van der Waals surface area contributed by atoms with E-state index in [1.165, 1.54) is 63.6 Å². The molecular weight excluding hydrogens is 408 g/mol. The van der Waals surface area contributed by atoms with Crippen LogP contribution in [0.4, 0.5) is 11.4 Å². The second-order valence-corrected chi connectivity index (χ2v) is 10.0. The summed E-state index contributed by atoms with van der Waals surface area (Å²) in [6, 6.07) is 14.1. The zero-order valence-corrected chi connectivity index (χ0v) is 19.7. The summed E-state index contributed by atoms with van der Waals surface area (Å²) in [4.78, 5) is 10.4. The van der Waals surface area contributed by atoms with Gasteiger partial charge < -0.3 is 15.8 Å². The molecule has 2 heterocycles. The van der Waals surface area contributed by atoms with Crippen LogP contribution < -0.4 is 5.73 Å². The van der Waals surface area contributed by atoms with Crippen molar-refractivity contribution in [1.29, 1.82) is 0 Å². The molecule has 1 aliphatic carbocycles. The van der Waals surface area contributed by atoms with Gasteiger partial charge >= 0.3 is 0 Å². The Morgan fingerprint density at radius 2 is 1.70 bits per heavy atom. The Hall–Kier alpha value is -2.79. The Morgan fingerprint density at radius 3 is 2.42 bits per heavy atom. The van der Waals surface area contributed by atoms with Crippen molar-refractivity contribution < 1.29 is 5.11 Å². The maximum Gasteiger partial charge on any atom is 0.198 e. The highest BCUT2D eigenvalue weighted by atomic mass is 16.3. The fourth-order valence-electron chi connectivity index (χ4n) is 5.93. The smallest absolute Gasteiger partial charge is 0.198 e. The van der Waals surface area contributed by atoms with Crippen LogP contribution in [-0.4, -0.2) is 33.8 Å². The number of nitrogens with one attached hydrogen (secondary N) is 1. The minimum Gasteiger partial charge on any atom is -0.494 e. The summed E-state index contributed by atoms with van der Waals surface area (Å²) >= 11 is 0. The van der Waals surface area contributed by atoms with Crippen LogP contribution in [-0.2, 0) is 6.54 Å². The van der Waals surface area contributed by atoms with Crippen LogP contribution in [0.3, 0.4) is 0 Å². The van der Waals surface area contributed by atoms with Gasteiger partial charge in [-0.3, -0.25) is 9.89 Å². The van der Waals surface area contributed by atoms with Crippen LogP contribution in [0.15, 0.2) is 47.5 Å². The minimum absolute atomic E-state index is 0.130. The van der Waals surface area contributed by atoms with Gasteiger partial charge in [0.25, 0.3) is 0 Å². The van der Waals surface area contributed by atoms with Gasteiger partial charge in [0.1, 0.15) is 0 Å². The number of hydrogen-bond acceptors (Lipinski definition) is 4. The second kappa shape index (κ2) is 9.60. The molecule has 5 nitrogen and oxygen atoms in total. The van der Waals surface area contributed by atoms with Gasteiger partial charge in [0.15, 0.2) is 5.88 Å². The molecule has 5 heteroatoms. The molecular formula is C28H36N4O.